The van der Waals surface area contributed by atoms with Crippen molar-refractivity contribution in [2.24, 2.45) is 0 Å². The molecule has 4 heteroatoms. The summed E-state index contributed by atoms with van der Waals surface area (Å²) in [5.74, 6) is 1.37. The number of carbonyl (C=O) groups is 1. The quantitative estimate of drug-likeness (QED) is 0.616. The monoisotopic (exact) mass is 173 g/mol. The highest BCUT2D eigenvalue weighted by Crippen LogP contribution is 2.16. The number of carboxylic acid groups (broad SMARTS) is 1. The minimum absolute atomic E-state index is 0.468. The summed E-state index contributed by atoms with van der Waals surface area (Å²) in [6.07, 6.45) is 3.77. The maximum absolute atomic E-state index is 10.0. The Kier molecular flexibility index (Phi) is 3.29. The number of thioether (sulfide) groups is 1. The average molecular weight is 173 g/mol. The molecule has 0 saturated carbocycles. The fourth-order valence-electron chi connectivity index (χ4n) is 0.921. The summed E-state index contributed by atoms with van der Waals surface area (Å²) in [6, 6.07) is 0.468. The lowest BCUT2D eigenvalue weighted by molar-refractivity contribution is -0.131. The standard InChI is InChI=1S/C7H11NO2S/c9-7(10)1-3-8-6-2-4-11-5-6/h1,3,6,8H,2,4-5H2,(H,9,10)/b3-1+. The second-order valence-electron chi connectivity index (χ2n) is 2.40. The molecule has 0 aromatic carbocycles. The SMILES string of the molecule is O=C(O)/C=C/NC1CCSC1. The van der Waals surface area contributed by atoms with Gasteiger partial charge in [0.25, 0.3) is 0 Å². The molecule has 0 aromatic rings. The summed E-state index contributed by atoms with van der Waals surface area (Å²) in [6.45, 7) is 0. The Morgan fingerprint density at radius 1 is 1.73 bits per heavy atom. The fraction of sp³-hybridized carbons (Fsp3) is 0.571. The molecule has 1 saturated heterocycles. The van der Waals surface area contributed by atoms with Crippen molar-refractivity contribution < 1.29 is 9.90 Å². The second kappa shape index (κ2) is 4.28. The third-order valence-corrected chi connectivity index (χ3v) is 2.65. The summed E-state index contributed by atoms with van der Waals surface area (Å²) < 4.78 is 0. The van der Waals surface area contributed by atoms with Gasteiger partial charge in [0.05, 0.1) is 0 Å². The maximum atomic E-state index is 10.0. The van der Waals surface area contributed by atoms with Gasteiger partial charge in [-0.1, -0.05) is 0 Å². The smallest absolute Gasteiger partial charge is 0.329 e. The van der Waals surface area contributed by atoms with Crippen molar-refractivity contribution >= 4 is 17.7 Å². The lowest BCUT2D eigenvalue weighted by Gasteiger charge is -2.05. The number of aliphatic carboxylic acids is 1. The molecular weight excluding hydrogens is 162 g/mol. The van der Waals surface area contributed by atoms with Crippen LogP contribution in [0.15, 0.2) is 12.3 Å². The molecule has 1 fully saturated rings. The van der Waals surface area contributed by atoms with Gasteiger partial charge >= 0.3 is 5.97 Å². The Morgan fingerprint density at radius 2 is 2.55 bits per heavy atom. The zero-order valence-electron chi connectivity index (χ0n) is 6.12. The lowest BCUT2D eigenvalue weighted by Crippen LogP contribution is -2.23. The van der Waals surface area contributed by atoms with Crippen molar-refractivity contribution in [1.29, 1.82) is 0 Å². The van der Waals surface area contributed by atoms with E-state index < -0.39 is 5.97 Å². The highest BCUT2D eigenvalue weighted by atomic mass is 32.2. The van der Waals surface area contributed by atoms with Crippen LogP contribution in [0.1, 0.15) is 6.42 Å². The van der Waals surface area contributed by atoms with Crippen molar-refractivity contribution in [2.45, 2.75) is 12.5 Å². The van der Waals surface area contributed by atoms with Crippen molar-refractivity contribution in [3.63, 3.8) is 0 Å². The number of carboxylic acids is 1. The molecule has 0 spiro atoms. The zero-order chi connectivity index (χ0) is 8.10. The van der Waals surface area contributed by atoms with Crippen LogP contribution < -0.4 is 5.32 Å². The Bertz CT molecular complexity index is 164. The third-order valence-electron chi connectivity index (χ3n) is 1.49. The van der Waals surface area contributed by atoms with Crippen LogP contribution in [-0.4, -0.2) is 28.6 Å². The molecule has 11 heavy (non-hydrogen) atoms. The molecule has 1 aliphatic heterocycles. The predicted octanol–water partition coefficient (Wildman–Crippen LogP) is 0.680. The molecule has 0 aromatic heterocycles. The van der Waals surface area contributed by atoms with E-state index in [1.807, 2.05) is 11.8 Å². The van der Waals surface area contributed by atoms with E-state index in [1.165, 1.54) is 12.0 Å². The van der Waals surface area contributed by atoms with Gasteiger partial charge in [-0.25, -0.2) is 4.79 Å². The normalized spacial score (nSPS) is 24.2. The number of rotatable bonds is 3. The van der Waals surface area contributed by atoms with Gasteiger partial charge in [0, 0.05) is 24.1 Å². The van der Waals surface area contributed by atoms with Gasteiger partial charge in [0.1, 0.15) is 0 Å². The number of nitrogens with one attached hydrogen (secondary N) is 1. The summed E-state index contributed by atoms with van der Waals surface area (Å²) in [5.41, 5.74) is 0. The molecule has 0 bridgehead atoms. The Labute approximate surface area is 69.9 Å². The van der Waals surface area contributed by atoms with Crippen LogP contribution in [-0.2, 0) is 4.79 Å². The van der Waals surface area contributed by atoms with Gasteiger partial charge in [0.15, 0.2) is 0 Å². The molecule has 1 aliphatic rings. The van der Waals surface area contributed by atoms with Gasteiger partial charge in [-0.05, 0) is 12.2 Å². The highest BCUT2D eigenvalue weighted by molar-refractivity contribution is 7.99. The van der Waals surface area contributed by atoms with Crippen molar-refractivity contribution in [3.8, 4) is 0 Å². The number of hydrogen-bond donors (Lipinski definition) is 2. The van der Waals surface area contributed by atoms with Crippen LogP contribution in [0.5, 0.6) is 0 Å². The highest BCUT2D eigenvalue weighted by Gasteiger charge is 2.12. The van der Waals surface area contributed by atoms with Crippen LogP contribution in [0.4, 0.5) is 0 Å². The predicted molar refractivity (Wildman–Crippen MR) is 45.6 cm³/mol. The van der Waals surface area contributed by atoms with E-state index in [4.69, 9.17) is 5.11 Å². The maximum Gasteiger partial charge on any atom is 0.329 e. The Hall–Kier alpha value is -0.640. The molecule has 1 heterocycles. The van der Waals surface area contributed by atoms with E-state index in [1.54, 1.807) is 0 Å². The summed E-state index contributed by atoms with van der Waals surface area (Å²) in [7, 11) is 0. The van der Waals surface area contributed by atoms with E-state index >= 15 is 0 Å². The minimum Gasteiger partial charge on any atom is -0.478 e. The van der Waals surface area contributed by atoms with Gasteiger partial charge in [-0.2, -0.15) is 11.8 Å². The number of hydrogen-bond acceptors (Lipinski definition) is 3. The largest absolute Gasteiger partial charge is 0.478 e. The van der Waals surface area contributed by atoms with E-state index in [2.05, 4.69) is 5.32 Å². The third kappa shape index (κ3) is 3.32. The molecule has 2 N–H and O–H groups in total. The first-order valence-corrected chi connectivity index (χ1v) is 4.68. The van der Waals surface area contributed by atoms with Crippen molar-refractivity contribution in [1.82, 2.24) is 5.32 Å². The molecule has 0 radical (unpaired) electrons. The van der Waals surface area contributed by atoms with E-state index in [-0.39, 0.29) is 0 Å². The van der Waals surface area contributed by atoms with E-state index in [0.717, 1.165) is 18.2 Å². The molecule has 62 valence electrons. The second-order valence-corrected chi connectivity index (χ2v) is 3.55. The van der Waals surface area contributed by atoms with Crippen LogP contribution in [0.25, 0.3) is 0 Å². The minimum atomic E-state index is -0.900. The topological polar surface area (TPSA) is 49.3 Å². The first kappa shape index (κ1) is 8.46. The lowest BCUT2D eigenvalue weighted by atomic mass is 10.3. The van der Waals surface area contributed by atoms with Gasteiger partial charge in [-0.3, -0.25) is 0 Å². The van der Waals surface area contributed by atoms with E-state index in [0.29, 0.717) is 6.04 Å². The van der Waals surface area contributed by atoms with E-state index in [9.17, 15) is 4.79 Å². The fourth-order valence-corrected chi connectivity index (χ4v) is 2.09. The molecule has 1 atom stereocenters. The molecular formula is C7H11NO2S. The Morgan fingerprint density at radius 3 is 3.09 bits per heavy atom. The first-order chi connectivity index (χ1) is 5.29. The van der Waals surface area contributed by atoms with Gasteiger partial charge in [0.2, 0.25) is 0 Å². The van der Waals surface area contributed by atoms with Gasteiger partial charge < -0.3 is 10.4 Å². The van der Waals surface area contributed by atoms with Crippen LogP contribution in [0.2, 0.25) is 0 Å². The van der Waals surface area contributed by atoms with Crippen molar-refractivity contribution in [2.75, 3.05) is 11.5 Å². The van der Waals surface area contributed by atoms with Crippen molar-refractivity contribution in [3.05, 3.63) is 12.3 Å². The summed E-state index contributed by atoms with van der Waals surface area (Å²) in [4.78, 5) is 10.0. The average Bonchev–Trinajstić information content (AvgIpc) is 2.39. The first-order valence-electron chi connectivity index (χ1n) is 3.52. The molecule has 1 rings (SSSR count). The zero-order valence-corrected chi connectivity index (χ0v) is 6.93. The molecule has 3 nitrogen and oxygen atoms in total. The van der Waals surface area contributed by atoms with Crippen LogP contribution in [0.3, 0.4) is 0 Å². The van der Waals surface area contributed by atoms with Crippen LogP contribution in [0, 0.1) is 0 Å². The van der Waals surface area contributed by atoms with Crippen LogP contribution >= 0.6 is 11.8 Å². The molecule has 0 aliphatic carbocycles. The summed E-state index contributed by atoms with van der Waals surface area (Å²) >= 11 is 1.90. The van der Waals surface area contributed by atoms with Gasteiger partial charge in [-0.15, -0.1) is 0 Å². The molecule has 0 amide bonds. The summed E-state index contributed by atoms with van der Waals surface area (Å²) in [5, 5.41) is 11.3. The Balaban J connectivity index is 2.15. The molecule has 1 unspecified atom stereocenters.